The van der Waals surface area contributed by atoms with Crippen molar-refractivity contribution in [2.45, 2.75) is 19.4 Å². The number of nitrogens with zero attached hydrogens (tertiary/aromatic N) is 1. The van der Waals surface area contributed by atoms with Gasteiger partial charge in [-0.25, -0.2) is 4.39 Å². The second-order valence-electron chi connectivity index (χ2n) is 6.97. The molecular formula is C21H24FN3O3. The van der Waals surface area contributed by atoms with Gasteiger partial charge in [-0.1, -0.05) is 12.1 Å². The Hall–Kier alpha value is -2.93. The van der Waals surface area contributed by atoms with E-state index >= 15 is 0 Å². The van der Waals surface area contributed by atoms with E-state index in [1.807, 2.05) is 12.1 Å². The molecule has 1 unspecified atom stereocenters. The lowest BCUT2D eigenvalue weighted by Gasteiger charge is -2.31. The van der Waals surface area contributed by atoms with Crippen LogP contribution in [-0.4, -0.2) is 36.9 Å². The molecule has 2 aromatic rings. The average molecular weight is 385 g/mol. The van der Waals surface area contributed by atoms with Crippen LogP contribution in [0.3, 0.4) is 0 Å². The molecule has 1 aliphatic heterocycles. The molecule has 0 bridgehead atoms. The number of hydrogen-bond donors (Lipinski definition) is 2. The van der Waals surface area contributed by atoms with E-state index in [1.165, 1.54) is 19.2 Å². The van der Waals surface area contributed by atoms with Crippen LogP contribution >= 0.6 is 0 Å². The van der Waals surface area contributed by atoms with E-state index in [4.69, 9.17) is 10.5 Å². The third-order valence-corrected chi connectivity index (χ3v) is 4.95. The number of nitrogens with one attached hydrogen (secondary N) is 1. The van der Waals surface area contributed by atoms with Gasteiger partial charge in [0.05, 0.1) is 18.6 Å². The molecule has 3 N–H and O–H groups in total. The highest BCUT2D eigenvalue weighted by molar-refractivity contribution is 6.04. The van der Waals surface area contributed by atoms with E-state index in [2.05, 4.69) is 10.2 Å². The fourth-order valence-electron chi connectivity index (χ4n) is 3.39. The fraction of sp³-hybridized carbons (Fsp3) is 0.333. The average Bonchev–Trinajstić information content (AvgIpc) is 2.69. The fourth-order valence-corrected chi connectivity index (χ4v) is 3.39. The van der Waals surface area contributed by atoms with Crippen molar-refractivity contribution in [2.24, 2.45) is 11.7 Å². The molecule has 148 valence electrons. The largest absolute Gasteiger partial charge is 0.497 e. The van der Waals surface area contributed by atoms with Gasteiger partial charge in [-0.15, -0.1) is 0 Å². The number of nitrogens with two attached hydrogens (primary N) is 1. The summed E-state index contributed by atoms with van der Waals surface area (Å²) in [7, 11) is 1.44. The normalized spacial score (nSPS) is 17.1. The van der Waals surface area contributed by atoms with E-state index in [0.29, 0.717) is 24.5 Å². The van der Waals surface area contributed by atoms with Gasteiger partial charge in [-0.3, -0.25) is 14.5 Å². The van der Waals surface area contributed by atoms with E-state index in [1.54, 1.807) is 18.2 Å². The first-order valence-electron chi connectivity index (χ1n) is 9.22. The van der Waals surface area contributed by atoms with Gasteiger partial charge in [-0.05, 0) is 49.2 Å². The van der Waals surface area contributed by atoms with Crippen LogP contribution in [0.1, 0.15) is 28.8 Å². The summed E-state index contributed by atoms with van der Waals surface area (Å²) >= 11 is 0. The van der Waals surface area contributed by atoms with E-state index in [9.17, 15) is 14.0 Å². The summed E-state index contributed by atoms with van der Waals surface area (Å²) in [4.78, 5) is 25.9. The predicted molar refractivity (Wildman–Crippen MR) is 105 cm³/mol. The molecule has 1 atom stereocenters. The monoisotopic (exact) mass is 385 g/mol. The summed E-state index contributed by atoms with van der Waals surface area (Å²) in [5.74, 6) is -1.13. The van der Waals surface area contributed by atoms with Crippen LogP contribution in [0.25, 0.3) is 0 Å². The maximum atomic E-state index is 14.0. The second-order valence-corrected chi connectivity index (χ2v) is 6.97. The summed E-state index contributed by atoms with van der Waals surface area (Å²) < 4.78 is 19.0. The minimum absolute atomic E-state index is 0.0457. The molecule has 6 nitrogen and oxygen atoms in total. The Balaban J connectivity index is 1.60. The number of anilines is 1. The zero-order chi connectivity index (χ0) is 20.1. The number of methoxy groups -OCH3 is 1. The first-order chi connectivity index (χ1) is 13.5. The van der Waals surface area contributed by atoms with Crippen LogP contribution in [-0.2, 0) is 11.3 Å². The minimum atomic E-state index is -0.637. The minimum Gasteiger partial charge on any atom is -0.497 e. The van der Waals surface area contributed by atoms with E-state index in [0.717, 1.165) is 24.9 Å². The van der Waals surface area contributed by atoms with Crippen molar-refractivity contribution in [3.05, 3.63) is 59.4 Å². The summed E-state index contributed by atoms with van der Waals surface area (Å²) in [6.45, 7) is 2.31. The molecule has 1 fully saturated rings. The number of carbonyl (C=O) groups is 2. The highest BCUT2D eigenvalue weighted by Crippen LogP contribution is 2.20. The lowest BCUT2D eigenvalue weighted by atomic mass is 9.97. The number of primary amides is 1. The number of carbonyl (C=O) groups excluding carboxylic acids is 2. The highest BCUT2D eigenvalue weighted by atomic mass is 19.1. The quantitative estimate of drug-likeness (QED) is 0.801. The van der Waals surface area contributed by atoms with Gasteiger partial charge in [0.25, 0.3) is 5.91 Å². The Bertz CT molecular complexity index is 854. The third-order valence-electron chi connectivity index (χ3n) is 4.95. The number of likely N-dealkylation sites (tertiary alicyclic amines) is 1. The third kappa shape index (κ3) is 4.86. The molecule has 0 saturated carbocycles. The Labute approximate surface area is 163 Å². The molecule has 7 heteroatoms. The standard InChI is InChI=1S/C21H24FN3O3/c1-28-17-8-9-18(19(22)11-17)21(27)24-16-6-4-14(5-7-16)12-25-10-2-3-15(13-25)20(23)26/h4-9,11,15H,2-3,10,12-13H2,1H3,(H2,23,26)(H,24,27). The molecule has 0 aliphatic carbocycles. The van der Waals surface area contributed by atoms with Gasteiger partial charge in [-0.2, -0.15) is 0 Å². The molecule has 2 aromatic carbocycles. The Morgan fingerprint density at radius 3 is 2.64 bits per heavy atom. The molecule has 1 aliphatic rings. The van der Waals surface area contributed by atoms with Gasteiger partial charge >= 0.3 is 0 Å². The summed E-state index contributed by atoms with van der Waals surface area (Å²) in [5.41, 5.74) is 7.03. The Kier molecular flexibility index (Phi) is 6.26. The van der Waals surface area contributed by atoms with Crippen molar-refractivity contribution in [2.75, 3.05) is 25.5 Å². The predicted octanol–water partition coefficient (Wildman–Crippen LogP) is 2.78. The molecule has 1 saturated heterocycles. The number of benzene rings is 2. The van der Waals surface area contributed by atoms with Crippen LogP contribution < -0.4 is 15.8 Å². The number of ether oxygens (including phenoxy) is 1. The number of amides is 2. The molecule has 28 heavy (non-hydrogen) atoms. The second kappa shape index (κ2) is 8.84. The Morgan fingerprint density at radius 1 is 1.25 bits per heavy atom. The summed E-state index contributed by atoms with van der Waals surface area (Å²) in [6, 6.07) is 11.5. The van der Waals surface area contributed by atoms with Crippen LogP contribution in [0.15, 0.2) is 42.5 Å². The molecule has 1 heterocycles. The molecule has 0 radical (unpaired) electrons. The van der Waals surface area contributed by atoms with Crippen LogP contribution in [0, 0.1) is 11.7 Å². The highest BCUT2D eigenvalue weighted by Gasteiger charge is 2.23. The maximum Gasteiger partial charge on any atom is 0.258 e. The van der Waals surface area contributed by atoms with Crippen molar-refractivity contribution in [3.63, 3.8) is 0 Å². The van der Waals surface area contributed by atoms with Crippen molar-refractivity contribution >= 4 is 17.5 Å². The van der Waals surface area contributed by atoms with Crippen LogP contribution in [0.2, 0.25) is 0 Å². The van der Waals surface area contributed by atoms with Crippen molar-refractivity contribution in [3.8, 4) is 5.75 Å². The van der Waals surface area contributed by atoms with Gasteiger partial charge in [0.1, 0.15) is 11.6 Å². The molecule has 3 rings (SSSR count). The zero-order valence-corrected chi connectivity index (χ0v) is 15.8. The van der Waals surface area contributed by atoms with Gasteiger partial charge in [0.2, 0.25) is 5.91 Å². The first kappa shape index (κ1) is 19.8. The molecule has 0 aromatic heterocycles. The first-order valence-corrected chi connectivity index (χ1v) is 9.22. The van der Waals surface area contributed by atoms with Crippen molar-refractivity contribution in [1.29, 1.82) is 0 Å². The van der Waals surface area contributed by atoms with Gasteiger partial charge in [0, 0.05) is 24.8 Å². The Morgan fingerprint density at radius 2 is 2.00 bits per heavy atom. The number of hydrogen-bond acceptors (Lipinski definition) is 4. The van der Waals surface area contributed by atoms with Crippen LogP contribution in [0.4, 0.5) is 10.1 Å². The van der Waals surface area contributed by atoms with E-state index < -0.39 is 11.7 Å². The topological polar surface area (TPSA) is 84.7 Å². The SMILES string of the molecule is COc1ccc(C(=O)Nc2ccc(CN3CCCC(C(N)=O)C3)cc2)c(F)c1. The lowest BCUT2D eigenvalue weighted by molar-refractivity contribution is -0.123. The zero-order valence-electron chi connectivity index (χ0n) is 15.8. The van der Waals surface area contributed by atoms with Crippen molar-refractivity contribution in [1.82, 2.24) is 4.90 Å². The summed E-state index contributed by atoms with van der Waals surface area (Å²) in [5, 5.41) is 2.69. The summed E-state index contributed by atoms with van der Waals surface area (Å²) in [6.07, 6.45) is 1.80. The number of halogens is 1. The van der Waals surface area contributed by atoms with Crippen molar-refractivity contribution < 1.29 is 18.7 Å². The smallest absolute Gasteiger partial charge is 0.258 e. The van der Waals surface area contributed by atoms with Gasteiger partial charge in [0.15, 0.2) is 0 Å². The maximum absolute atomic E-state index is 14.0. The van der Waals surface area contributed by atoms with E-state index in [-0.39, 0.29) is 17.4 Å². The molecular weight excluding hydrogens is 361 g/mol. The molecule has 0 spiro atoms. The number of piperidine rings is 1. The van der Waals surface area contributed by atoms with Gasteiger partial charge < -0.3 is 15.8 Å². The number of rotatable bonds is 6. The molecule has 2 amide bonds. The van der Waals surface area contributed by atoms with Crippen LogP contribution in [0.5, 0.6) is 5.75 Å². The lowest BCUT2D eigenvalue weighted by Crippen LogP contribution is -2.40.